The molecule has 0 unspecified atom stereocenters. The lowest BCUT2D eigenvalue weighted by atomic mass is 10.1. The van der Waals surface area contributed by atoms with Gasteiger partial charge in [-0.1, -0.05) is 13.3 Å². The summed E-state index contributed by atoms with van der Waals surface area (Å²) in [4.78, 5) is 10.2. The van der Waals surface area contributed by atoms with Crippen molar-refractivity contribution in [3.63, 3.8) is 0 Å². The van der Waals surface area contributed by atoms with Gasteiger partial charge in [0.25, 0.3) is 0 Å². The smallest absolute Gasteiger partial charge is 0.139 e. The molecular formula is C13H18N6. The highest BCUT2D eigenvalue weighted by Gasteiger charge is 2.16. The summed E-state index contributed by atoms with van der Waals surface area (Å²) in [5.74, 6) is 1.46. The maximum Gasteiger partial charge on any atom is 0.139 e. The van der Waals surface area contributed by atoms with E-state index in [1.807, 2.05) is 6.92 Å². The molecule has 0 aliphatic rings. The standard InChI is InChI=1S/C13H18N6/c1-3-5-11-12(16-4-2)17-10-18-13(11)19(8-6-14)9-7-15/h10H,3-5,8-9H2,1-2H3,(H,16,17,18). The minimum absolute atomic E-state index is 0.146. The minimum atomic E-state index is 0.146. The molecule has 0 saturated carbocycles. The Bertz CT molecular complexity index is 469. The Kier molecular flexibility index (Phi) is 6.11. The lowest BCUT2D eigenvalue weighted by molar-refractivity contribution is 0.857. The number of nitrogens with one attached hydrogen (secondary N) is 1. The van der Waals surface area contributed by atoms with E-state index >= 15 is 0 Å². The van der Waals surface area contributed by atoms with Crippen molar-refractivity contribution in [3.8, 4) is 12.1 Å². The molecule has 0 aliphatic heterocycles. The molecule has 0 saturated heterocycles. The van der Waals surface area contributed by atoms with Gasteiger partial charge in [-0.25, -0.2) is 9.97 Å². The molecule has 0 atom stereocenters. The van der Waals surface area contributed by atoms with Crippen molar-refractivity contribution in [2.24, 2.45) is 0 Å². The topological polar surface area (TPSA) is 88.6 Å². The SMILES string of the molecule is CCCc1c(NCC)ncnc1N(CC#N)CC#N. The van der Waals surface area contributed by atoms with Crippen LogP contribution in [0.1, 0.15) is 25.8 Å². The van der Waals surface area contributed by atoms with Gasteiger partial charge >= 0.3 is 0 Å². The van der Waals surface area contributed by atoms with Crippen molar-refractivity contribution in [3.05, 3.63) is 11.9 Å². The predicted molar refractivity (Wildman–Crippen MR) is 73.6 cm³/mol. The van der Waals surface area contributed by atoms with Crippen molar-refractivity contribution in [2.45, 2.75) is 26.7 Å². The fourth-order valence-electron chi connectivity index (χ4n) is 1.85. The summed E-state index contributed by atoms with van der Waals surface area (Å²) in [5, 5.41) is 20.9. The molecule has 0 spiro atoms. The van der Waals surface area contributed by atoms with E-state index in [1.165, 1.54) is 6.33 Å². The molecule has 1 rings (SSSR count). The van der Waals surface area contributed by atoms with Gasteiger partial charge in [0, 0.05) is 12.1 Å². The second-order valence-corrected chi connectivity index (χ2v) is 3.98. The minimum Gasteiger partial charge on any atom is -0.370 e. The molecule has 1 heterocycles. The molecule has 6 nitrogen and oxygen atoms in total. The molecule has 1 aromatic rings. The Morgan fingerprint density at radius 3 is 2.42 bits per heavy atom. The number of aromatic nitrogens is 2. The van der Waals surface area contributed by atoms with Crippen LogP contribution in [0.25, 0.3) is 0 Å². The first-order chi connectivity index (χ1) is 9.28. The Morgan fingerprint density at radius 1 is 1.21 bits per heavy atom. The lowest BCUT2D eigenvalue weighted by Gasteiger charge is -2.21. The first-order valence-electron chi connectivity index (χ1n) is 6.35. The van der Waals surface area contributed by atoms with E-state index in [1.54, 1.807) is 4.90 Å². The van der Waals surface area contributed by atoms with Crippen molar-refractivity contribution >= 4 is 11.6 Å². The van der Waals surface area contributed by atoms with Crippen molar-refractivity contribution in [2.75, 3.05) is 29.9 Å². The Labute approximate surface area is 113 Å². The third-order valence-electron chi connectivity index (χ3n) is 2.59. The number of rotatable bonds is 7. The molecule has 0 fully saturated rings. The Morgan fingerprint density at radius 2 is 1.89 bits per heavy atom. The summed E-state index contributed by atoms with van der Waals surface area (Å²) in [6, 6.07) is 4.13. The molecule has 100 valence electrons. The first-order valence-corrected chi connectivity index (χ1v) is 6.35. The highest BCUT2D eigenvalue weighted by atomic mass is 15.2. The van der Waals surface area contributed by atoms with Crippen LogP contribution in [0.2, 0.25) is 0 Å². The lowest BCUT2D eigenvalue weighted by Crippen LogP contribution is -2.26. The number of hydrogen-bond donors (Lipinski definition) is 1. The average Bonchev–Trinajstić information content (AvgIpc) is 2.41. The van der Waals surface area contributed by atoms with Gasteiger partial charge in [-0.05, 0) is 13.3 Å². The van der Waals surface area contributed by atoms with E-state index < -0.39 is 0 Å². The van der Waals surface area contributed by atoms with Crippen LogP contribution in [0.5, 0.6) is 0 Å². The number of anilines is 2. The summed E-state index contributed by atoms with van der Waals surface area (Å²) < 4.78 is 0. The fraction of sp³-hybridized carbons (Fsp3) is 0.538. The van der Waals surface area contributed by atoms with Crippen LogP contribution in [-0.2, 0) is 6.42 Å². The van der Waals surface area contributed by atoms with Crippen LogP contribution in [0.4, 0.5) is 11.6 Å². The third-order valence-corrected chi connectivity index (χ3v) is 2.59. The van der Waals surface area contributed by atoms with E-state index in [0.29, 0.717) is 5.82 Å². The van der Waals surface area contributed by atoms with Gasteiger partial charge in [0.2, 0.25) is 0 Å². The van der Waals surface area contributed by atoms with Crippen LogP contribution in [-0.4, -0.2) is 29.6 Å². The van der Waals surface area contributed by atoms with E-state index in [4.69, 9.17) is 10.5 Å². The first kappa shape index (κ1) is 14.7. The summed E-state index contributed by atoms with van der Waals surface area (Å²) >= 11 is 0. The molecule has 0 radical (unpaired) electrons. The highest BCUT2D eigenvalue weighted by molar-refractivity contribution is 5.59. The Balaban J connectivity index is 3.19. The third kappa shape index (κ3) is 3.82. The molecular weight excluding hydrogens is 240 g/mol. The normalized spacial score (nSPS) is 9.47. The van der Waals surface area contributed by atoms with Gasteiger partial charge in [0.1, 0.15) is 31.1 Å². The average molecular weight is 258 g/mol. The van der Waals surface area contributed by atoms with Gasteiger partial charge in [0.15, 0.2) is 0 Å². The maximum absolute atomic E-state index is 8.86. The molecule has 1 N–H and O–H groups in total. The van der Waals surface area contributed by atoms with E-state index in [0.717, 1.165) is 30.8 Å². The molecule has 6 heteroatoms. The molecule has 0 bridgehead atoms. The van der Waals surface area contributed by atoms with Gasteiger partial charge in [-0.2, -0.15) is 10.5 Å². The molecule has 0 aromatic carbocycles. The highest BCUT2D eigenvalue weighted by Crippen LogP contribution is 2.24. The van der Waals surface area contributed by atoms with Gasteiger partial charge < -0.3 is 10.2 Å². The second kappa shape index (κ2) is 7.88. The fourth-order valence-corrected chi connectivity index (χ4v) is 1.85. The molecule has 1 aromatic heterocycles. The van der Waals surface area contributed by atoms with E-state index in [9.17, 15) is 0 Å². The number of hydrogen-bond acceptors (Lipinski definition) is 6. The molecule has 19 heavy (non-hydrogen) atoms. The molecule has 0 amide bonds. The zero-order valence-electron chi connectivity index (χ0n) is 11.3. The van der Waals surface area contributed by atoms with Gasteiger partial charge in [-0.15, -0.1) is 0 Å². The summed E-state index contributed by atoms with van der Waals surface area (Å²) in [7, 11) is 0. The number of nitriles is 2. The van der Waals surface area contributed by atoms with Crippen molar-refractivity contribution in [1.29, 1.82) is 10.5 Å². The van der Waals surface area contributed by atoms with Gasteiger partial charge in [0.05, 0.1) is 12.1 Å². The van der Waals surface area contributed by atoms with Crippen LogP contribution >= 0.6 is 0 Å². The second-order valence-electron chi connectivity index (χ2n) is 3.98. The monoisotopic (exact) mass is 258 g/mol. The van der Waals surface area contributed by atoms with Crippen LogP contribution in [0.15, 0.2) is 6.33 Å². The Hall–Kier alpha value is -2.34. The maximum atomic E-state index is 8.86. The van der Waals surface area contributed by atoms with E-state index in [2.05, 4.69) is 34.3 Å². The van der Waals surface area contributed by atoms with Crippen LogP contribution < -0.4 is 10.2 Å². The van der Waals surface area contributed by atoms with Crippen LogP contribution in [0.3, 0.4) is 0 Å². The number of nitrogens with zero attached hydrogens (tertiary/aromatic N) is 5. The quantitative estimate of drug-likeness (QED) is 0.749. The molecule has 0 aliphatic carbocycles. The summed E-state index contributed by atoms with van der Waals surface area (Å²) in [6.07, 6.45) is 3.23. The predicted octanol–water partition coefficient (Wildman–Crippen LogP) is 1.71. The van der Waals surface area contributed by atoms with Crippen molar-refractivity contribution < 1.29 is 0 Å². The summed E-state index contributed by atoms with van der Waals surface area (Å²) in [6.45, 7) is 5.13. The van der Waals surface area contributed by atoms with Crippen molar-refractivity contribution in [1.82, 2.24) is 9.97 Å². The van der Waals surface area contributed by atoms with Crippen LogP contribution in [0, 0.1) is 22.7 Å². The zero-order chi connectivity index (χ0) is 14.1. The largest absolute Gasteiger partial charge is 0.370 e. The van der Waals surface area contributed by atoms with Gasteiger partial charge in [-0.3, -0.25) is 0 Å². The zero-order valence-corrected chi connectivity index (χ0v) is 11.3. The summed E-state index contributed by atoms with van der Waals surface area (Å²) in [5.41, 5.74) is 0.970. The van der Waals surface area contributed by atoms with E-state index in [-0.39, 0.29) is 13.1 Å².